The van der Waals surface area contributed by atoms with E-state index in [1.807, 2.05) is 0 Å². The summed E-state index contributed by atoms with van der Waals surface area (Å²) in [6.07, 6.45) is 21.5. The summed E-state index contributed by atoms with van der Waals surface area (Å²) < 4.78 is 0. The Morgan fingerprint density at radius 1 is 0.306 bits per heavy atom. The number of unbranched alkanes of at least 4 members (excludes halogenated alkanes) is 14. The lowest BCUT2D eigenvalue weighted by Gasteiger charge is -2.09. The molecule has 0 atom stereocenters. The van der Waals surface area contributed by atoms with Gasteiger partial charge in [0.25, 0.3) is 0 Å². The van der Waals surface area contributed by atoms with E-state index in [0.717, 1.165) is 72.0 Å². The van der Waals surface area contributed by atoms with Crippen LogP contribution in [0.5, 0.6) is 0 Å². The molecule has 0 amide bonds. The molecular weight excluding hydrogens is 446 g/mol. The molecule has 0 aromatic carbocycles. The SMILES string of the molecule is CCCCCCCCCCCCCCCCCNCCNCCNCCNCCNCCNCCN. The minimum Gasteiger partial charge on any atom is -0.329 e. The van der Waals surface area contributed by atoms with E-state index in [2.05, 4.69) is 38.8 Å². The van der Waals surface area contributed by atoms with E-state index >= 15 is 0 Å². The lowest BCUT2D eigenvalue weighted by molar-refractivity contribution is 0.523. The summed E-state index contributed by atoms with van der Waals surface area (Å²) in [6, 6.07) is 0. The largest absolute Gasteiger partial charge is 0.329 e. The van der Waals surface area contributed by atoms with Crippen molar-refractivity contribution in [1.82, 2.24) is 31.9 Å². The standard InChI is InChI=1S/C29H67N7/c1-2-3-4-5-6-7-8-9-10-11-12-13-14-15-16-18-31-20-22-33-24-26-35-28-29-36-27-25-34-23-21-32-19-17-30/h31-36H,2-30H2,1H3. The molecule has 0 saturated heterocycles. The Morgan fingerprint density at radius 3 is 0.861 bits per heavy atom. The highest BCUT2D eigenvalue weighted by Crippen LogP contribution is 2.13. The van der Waals surface area contributed by atoms with Crippen LogP contribution in [0.25, 0.3) is 0 Å². The quantitative estimate of drug-likeness (QED) is 0.0676. The normalized spacial score (nSPS) is 11.5. The summed E-state index contributed by atoms with van der Waals surface area (Å²) in [5.41, 5.74) is 5.44. The van der Waals surface area contributed by atoms with Crippen LogP contribution in [0, 0.1) is 0 Å². The molecule has 0 saturated carbocycles. The molecule has 0 aliphatic rings. The average molecular weight is 514 g/mol. The third kappa shape index (κ3) is 33.7. The van der Waals surface area contributed by atoms with E-state index in [4.69, 9.17) is 5.73 Å². The summed E-state index contributed by atoms with van der Waals surface area (Å²) >= 11 is 0. The molecular formula is C29H67N7. The van der Waals surface area contributed by atoms with Gasteiger partial charge in [0.2, 0.25) is 0 Å². The third-order valence-electron chi connectivity index (χ3n) is 6.67. The van der Waals surface area contributed by atoms with Gasteiger partial charge in [-0.3, -0.25) is 0 Å². The molecule has 0 rings (SSSR count). The van der Waals surface area contributed by atoms with E-state index in [0.29, 0.717) is 6.54 Å². The van der Waals surface area contributed by atoms with Gasteiger partial charge in [0, 0.05) is 78.5 Å². The van der Waals surface area contributed by atoms with E-state index in [1.165, 1.54) is 103 Å². The highest BCUT2D eigenvalue weighted by Gasteiger charge is 1.95. The predicted octanol–water partition coefficient (Wildman–Crippen LogP) is 3.35. The first kappa shape index (κ1) is 35.7. The van der Waals surface area contributed by atoms with Crippen LogP contribution < -0.4 is 37.6 Å². The topological polar surface area (TPSA) is 98.2 Å². The zero-order chi connectivity index (χ0) is 26.0. The van der Waals surface area contributed by atoms with E-state index < -0.39 is 0 Å². The Morgan fingerprint density at radius 2 is 0.556 bits per heavy atom. The number of nitrogens with one attached hydrogen (secondary N) is 6. The highest BCUT2D eigenvalue weighted by atomic mass is 15.0. The van der Waals surface area contributed by atoms with Gasteiger partial charge in [0.1, 0.15) is 0 Å². The minimum absolute atomic E-state index is 0.709. The van der Waals surface area contributed by atoms with Gasteiger partial charge >= 0.3 is 0 Å². The first-order valence-corrected chi connectivity index (χ1v) is 15.9. The molecule has 7 heteroatoms. The first-order valence-electron chi connectivity index (χ1n) is 15.9. The fraction of sp³-hybridized carbons (Fsp3) is 1.00. The van der Waals surface area contributed by atoms with Gasteiger partial charge in [-0.15, -0.1) is 0 Å². The summed E-state index contributed by atoms with van der Waals surface area (Å²) in [6.45, 7) is 15.3. The lowest BCUT2D eigenvalue weighted by Crippen LogP contribution is -2.37. The van der Waals surface area contributed by atoms with Gasteiger partial charge in [-0.1, -0.05) is 96.8 Å². The number of hydrogen-bond acceptors (Lipinski definition) is 7. The van der Waals surface area contributed by atoms with Crippen LogP contribution in [0.2, 0.25) is 0 Å². The van der Waals surface area contributed by atoms with Crippen LogP contribution in [0.15, 0.2) is 0 Å². The maximum Gasteiger partial charge on any atom is 0.00772 e. The van der Waals surface area contributed by atoms with Gasteiger partial charge < -0.3 is 37.6 Å². The molecule has 0 aromatic heterocycles. The zero-order valence-corrected chi connectivity index (χ0v) is 24.4. The number of hydrogen-bond donors (Lipinski definition) is 7. The van der Waals surface area contributed by atoms with Crippen molar-refractivity contribution in [3.8, 4) is 0 Å². The van der Waals surface area contributed by atoms with Crippen molar-refractivity contribution in [2.75, 3.05) is 85.1 Å². The van der Waals surface area contributed by atoms with Gasteiger partial charge in [-0.2, -0.15) is 0 Å². The van der Waals surface area contributed by atoms with Crippen molar-refractivity contribution < 1.29 is 0 Å². The Hall–Kier alpha value is -0.280. The van der Waals surface area contributed by atoms with E-state index in [-0.39, 0.29) is 0 Å². The number of rotatable bonds is 33. The van der Waals surface area contributed by atoms with Crippen LogP contribution >= 0.6 is 0 Å². The highest BCUT2D eigenvalue weighted by molar-refractivity contribution is 4.59. The molecule has 36 heavy (non-hydrogen) atoms. The zero-order valence-electron chi connectivity index (χ0n) is 24.4. The molecule has 0 bridgehead atoms. The van der Waals surface area contributed by atoms with Crippen molar-refractivity contribution in [3.05, 3.63) is 0 Å². The Labute approximate surface area is 226 Å². The molecule has 0 aliphatic carbocycles. The average Bonchev–Trinajstić information content (AvgIpc) is 2.89. The summed E-state index contributed by atoms with van der Waals surface area (Å²) in [5, 5.41) is 20.7. The van der Waals surface area contributed by atoms with Gasteiger partial charge in [0.05, 0.1) is 0 Å². The Bertz CT molecular complexity index is 338. The van der Waals surface area contributed by atoms with Crippen LogP contribution in [0.1, 0.15) is 103 Å². The summed E-state index contributed by atoms with van der Waals surface area (Å²) in [5.74, 6) is 0. The second kappa shape index (κ2) is 34.7. The second-order valence-corrected chi connectivity index (χ2v) is 10.2. The van der Waals surface area contributed by atoms with Crippen molar-refractivity contribution in [3.63, 3.8) is 0 Å². The lowest BCUT2D eigenvalue weighted by atomic mass is 10.0. The van der Waals surface area contributed by atoms with Crippen molar-refractivity contribution in [2.24, 2.45) is 5.73 Å². The predicted molar refractivity (Wildman–Crippen MR) is 161 cm³/mol. The third-order valence-corrected chi connectivity index (χ3v) is 6.67. The molecule has 0 fully saturated rings. The molecule has 8 N–H and O–H groups in total. The monoisotopic (exact) mass is 514 g/mol. The fourth-order valence-electron chi connectivity index (χ4n) is 4.36. The maximum absolute atomic E-state index is 5.44. The van der Waals surface area contributed by atoms with Crippen molar-refractivity contribution in [2.45, 2.75) is 103 Å². The molecule has 0 aliphatic heterocycles. The van der Waals surface area contributed by atoms with Gasteiger partial charge in [-0.25, -0.2) is 0 Å². The minimum atomic E-state index is 0.709. The fourth-order valence-corrected chi connectivity index (χ4v) is 4.36. The molecule has 0 heterocycles. The maximum atomic E-state index is 5.44. The van der Waals surface area contributed by atoms with Gasteiger partial charge in [0.15, 0.2) is 0 Å². The van der Waals surface area contributed by atoms with Crippen LogP contribution in [-0.2, 0) is 0 Å². The van der Waals surface area contributed by atoms with Crippen LogP contribution in [0.4, 0.5) is 0 Å². The van der Waals surface area contributed by atoms with Crippen molar-refractivity contribution >= 4 is 0 Å². The molecule has 0 aromatic rings. The second-order valence-electron chi connectivity index (χ2n) is 10.2. The summed E-state index contributed by atoms with van der Waals surface area (Å²) in [4.78, 5) is 0. The molecule has 7 nitrogen and oxygen atoms in total. The molecule has 0 spiro atoms. The smallest absolute Gasteiger partial charge is 0.00772 e. The number of nitrogens with two attached hydrogens (primary N) is 1. The van der Waals surface area contributed by atoms with Crippen LogP contribution in [0.3, 0.4) is 0 Å². The molecule has 0 radical (unpaired) electrons. The van der Waals surface area contributed by atoms with E-state index in [1.54, 1.807) is 0 Å². The Kier molecular flexibility index (Phi) is 34.4. The van der Waals surface area contributed by atoms with Crippen molar-refractivity contribution in [1.29, 1.82) is 0 Å². The van der Waals surface area contributed by atoms with Gasteiger partial charge in [-0.05, 0) is 13.0 Å². The summed E-state index contributed by atoms with van der Waals surface area (Å²) in [7, 11) is 0. The van der Waals surface area contributed by atoms with E-state index in [9.17, 15) is 0 Å². The first-order chi connectivity index (χ1) is 17.9. The molecule has 0 unspecified atom stereocenters. The Balaban J connectivity index is 3.00. The van der Waals surface area contributed by atoms with Crippen LogP contribution in [-0.4, -0.2) is 85.1 Å². The molecule has 218 valence electrons.